The van der Waals surface area contributed by atoms with Crippen molar-refractivity contribution in [3.8, 4) is 17.1 Å². The van der Waals surface area contributed by atoms with Gasteiger partial charge in [0.1, 0.15) is 0 Å². The summed E-state index contributed by atoms with van der Waals surface area (Å²) in [5.41, 5.74) is 10.9. The maximum Gasteiger partial charge on any atom is 0.0634 e. The van der Waals surface area contributed by atoms with Crippen LogP contribution < -0.4 is 0 Å². The molecule has 0 radical (unpaired) electrons. The molecule has 0 saturated carbocycles. The Balaban J connectivity index is 1.16. The van der Waals surface area contributed by atoms with Crippen LogP contribution in [0.5, 0.6) is 0 Å². The summed E-state index contributed by atoms with van der Waals surface area (Å²) in [5.74, 6) is 0. The van der Waals surface area contributed by atoms with Crippen LogP contribution in [0.15, 0.2) is 176 Å². The van der Waals surface area contributed by atoms with Gasteiger partial charge in [0.2, 0.25) is 0 Å². The number of hydrogen-bond donors (Lipinski definition) is 0. The van der Waals surface area contributed by atoms with E-state index in [0.29, 0.717) is 0 Å². The molecule has 4 aromatic heterocycles. The van der Waals surface area contributed by atoms with E-state index in [1.165, 1.54) is 91.3 Å². The van der Waals surface area contributed by atoms with E-state index in [0.717, 1.165) is 11.4 Å². The van der Waals surface area contributed by atoms with Gasteiger partial charge in [-0.25, -0.2) is 0 Å². The van der Waals surface area contributed by atoms with Gasteiger partial charge in [-0.2, -0.15) is 0 Å². The highest BCUT2D eigenvalue weighted by Crippen LogP contribution is 2.45. The quantitative estimate of drug-likeness (QED) is 0.177. The molecular formula is C48H29N3S. The number of hydrogen-bond acceptors (Lipinski definition) is 1. The fourth-order valence-corrected chi connectivity index (χ4v) is 10.0. The Hall–Kier alpha value is -6.62. The summed E-state index contributed by atoms with van der Waals surface area (Å²) in [4.78, 5) is 0. The lowest BCUT2D eigenvalue weighted by atomic mass is 10.1. The standard InChI is InChI=1S/C48H29N3S/c1-2-12-30(13-3-1)51-44-28-31(49-40-18-8-4-14-33(40)34-15-5-9-19-41(34)49)22-24-37(44)38-26-27-45-47(48(38)51)39-25-23-32(29-46(39)52-45)50-42-20-10-6-16-35(42)36-17-7-11-21-43(36)50/h1-29H. The first-order valence-electron chi connectivity index (χ1n) is 17.8. The van der Waals surface area contributed by atoms with Crippen LogP contribution in [0.3, 0.4) is 0 Å². The molecular weight excluding hydrogens is 651 g/mol. The number of rotatable bonds is 3. The van der Waals surface area contributed by atoms with E-state index in [1.807, 2.05) is 11.3 Å². The molecule has 3 nitrogen and oxygen atoms in total. The van der Waals surface area contributed by atoms with E-state index < -0.39 is 0 Å². The first-order chi connectivity index (χ1) is 25.8. The minimum absolute atomic E-state index is 1.16. The minimum atomic E-state index is 1.16. The molecule has 0 aliphatic carbocycles. The highest BCUT2D eigenvalue weighted by Gasteiger charge is 2.21. The Morgan fingerprint density at radius 1 is 0.288 bits per heavy atom. The van der Waals surface area contributed by atoms with Crippen molar-refractivity contribution in [1.29, 1.82) is 0 Å². The molecule has 0 atom stereocenters. The van der Waals surface area contributed by atoms with Crippen LogP contribution in [0.1, 0.15) is 0 Å². The molecule has 0 bridgehead atoms. The third kappa shape index (κ3) is 3.74. The van der Waals surface area contributed by atoms with Crippen molar-refractivity contribution < 1.29 is 0 Å². The predicted molar refractivity (Wildman–Crippen MR) is 222 cm³/mol. The monoisotopic (exact) mass is 679 g/mol. The smallest absolute Gasteiger partial charge is 0.0634 e. The van der Waals surface area contributed by atoms with Crippen molar-refractivity contribution in [2.75, 3.05) is 0 Å². The van der Waals surface area contributed by atoms with Gasteiger partial charge >= 0.3 is 0 Å². The number of benzene rings is 8. The lowest BCUT2D eigenvalue weighted by Gasteiger charge is -2.12. The van der Waals surface area contributed by atoms with Gasteiger partial charge in [-0.3, -0.25) is 0 Å². The van der Waals surface area contributed by atoms with E-state index in [-0.39, 0.29) is 0 Å². The zero-order valence-corrected chi connectivity index (χ0v) is 28.8. The fourth-order valence-electron chi connectivity index (χ4n) is 8.87. The van der Waals surface area contributed by atoms with E-state index in [1.54, 1.807) is 0 Å². The molecule has 0 amide bonds. The van der Waals surface area contributed by atoms with Gasteiger partial charge in [-0.1, -0.05) is 109 Å². The first kappa shape index (κ1) is 28.1. The predicted octanol–water partition coefficient (Wildman–Crippen LogP) is 13.3. The van der Waals surface area contributed by atoms with E-state index >= 15 is 0 Å². The normalized spacial score (nSPS) is 12.2. The molecule has 0 spiro atoms. The second kappa shape index (κ2) is 10.5. The van der Waals surface area contributed by atoms with Gasteiger partial charge in [-0.15, -0.1) is 11.3 Å². The summed E-state index contributed by atoms with van der Waals surface area (Å²) in [6.07, 6.45) is 0. The summed E-state index contributed by atoms with van der Waals surface area (Å²) in [7, 11) is 0. The Kier molecular flexibility index (Phi) is 5.65. The zero-order chi connectivity index (χ0) is 33.9. The lowest BCUT2D eigenvalue weighted by molar-refractivity contribution is 1.16. The Morgan fingerprint density at radius 3 is 1.33 bits per heavy atom. The summed E-state index contributed by atoms with van der Waals surface area (Å²) in [6.45, 7) is 0. The van der Waals surface area contributed by atoms with Gasteiger partial charge < -0.3 is 13.7 Å². The maximum absolute atomic E-state index is 2.50. The van der Waals surface area contributed by atoms with Crippen molar-refractivity contribution in [2.45, 2.75) is 0 Å². The van der Waals surface area contributed by atoms with Crippen LogP contribution in [0.2, 0.25) is 0 Å². The van der Waals surface area contributed by atoms with Crippen LogP contribution >= 0.6 is 11.3 Å². The second-order valence-electron chi connectivity index (χ2n) is 13.7. The van der Waals surface area contributed by atoms with Gasteiger partial charge in [0.25, 0.3) is 0 Å². The topological polar surface area (TPSA) is 14.8 Å². The van der Waals surface area contributed by atoms with Crippen molar-refractivity contribution in [1.82, 2.24) is 13.7 Å². The summed E-state index contributed by atoms with van der Waals surface area (Å²) in [6, 6.07) is 64.6. The summed E-state index contributed by atoms with van der Waals surface area (Å²) >= 11 is 1.89. The van der Waals surface area contributed by atoms with E-state index in [4.69, 9.17) is 0 Å². The van der Waals surface area contributed by atoms with E-state index in [9.17, 15) is 0 Å². The molecule has 0 N–H and O–H groups in total. The number of thiophene rings is 1. The molecule has 12 rings (SSSR count). The van der Waals surface area contributed by atoms with Crippen molar-refractivity contribution >= 4 is 96.9 Å². The number of aromatic nitrogens is 3. The largest absolute Gasteiger partial charge is 0.309 e. The molecule has 242 valence electrons. The Labute approximate surface area is 302 Å². The second-order valence-corrected chi connectivity index (χ2v) is 14.8. The third-order valence-corrected chi connectivity index (χ3v) is 12.1. The number of nitrogens with zero attached hydrogens (tertiary/aromatic N) is 3. The molecule has 4 heterocycles. The molecule has 52 heavy (non-hydrogen) atoms. The third-order valence-electron chi connectivity index (χ3n) is 11.0. The van der Waals surface area contributed by atoms with Crippen molar-refractivity contribution in [3.05, 3.63) is 176 Å². The number of para-hydroxylation sites is 5. The molecule has 0 unspecified atom stereocenters. The highest BCUT2D eigenvalue weighted by atomic mass is 32.1. The minimum Gasteiger partial charge on any atom is -0.309 e. The molecule has 8 aromatic carbocycles. The molecule has 0 aliphatic heterocycles. The van der Waals surface area contributed by atoms with Crippen molar-refractivity contribution in [2.24, 2.45) is 0 Å². The van der Waals surface area contributed by atoms with Crippen LogP contribution in [0, 0.1) is 0 Å². The van der Waals surface area contributed by atoms with Crippen molar-refractivity contribution in [3.63, 3.8) is 0 Å². The SMILES string of the molecule is c1ccc(-n2c3cc(-n4c5ccccc5c5ccccc54)ccc3c3ccc4sc5cc(-n6c7ccccc7c7ccccc76)ccc5c4c32)cc1. The van der Waals surface area contributed by atoms with Crippen LogP contribution in [-0.2, 0) is 0 Å². The molecule has 4 heteroatoms. The van der Waals surface area contributed by atoms with Gasteiger partial charge in [-0.05, 0) is 66.7 Å². The number of fused-ring (bicyclic) bond motifs is 13. The van der Waals surface area contributed by atoms with Crippen LogP contribution in [-0.4, -0.2) is 13.7 Å². The molecule has 0 aliphatic rings. The van der Waals surface area contributed by atoms with Gasteiger partial charge in [0.15, 0.2) is 0 Å². The summed E-state index contributed by atoms with van der Waals surface area (Å²) in [5, 5.41) is 10.2. The molecule has 0 fully saturated rings. The summed E-state index contributed by atoms with van der Waals surface area (Å²) < 4.78 is 9.92. The average molecular weight is 680 g/mol. The Morgan fingerprint density at radius 2 is 0.750 bits per heavy atom. The first-order valence-corrected chi connectivity index (χ1v) is 18.6. The fraction of sp³-hybridized carbons (Fsp3) is 0. The molecule has 12 aromatic rings. The maximum atomic E-state index is 2.50. The van der Waals surface area contributed by atoms with Gasteiger partial charge in [0, 0.05) is 69.6 Å². The highest BCUT2D eigenvalue weighted by molar-refractivity contribution is 7.26. The Bertz CT molecular complexity index is 3300. The lowest BCUT2D eigenvalue weighted by Crippen LogP contribution is -1.97. The molecule has 0 saturated heterocycles. The van der Waals surface area contributed by atoms with Crippen LogP contribution in [0.25, 0.3) is 103 Å². The van der Waals surface area contributed by atoms with Crippen LogP contribution in [0.4, 0.5) is 0 Å². The zero-order valence-electron chi connectivity index (χ0n) is 28.0. The van der Waals surface area contributed by atoms with Gasteiger partial charge in [0.05, 0.1) is 33.1 Å². The van der Waals surface area contributed by atoms with E-state index in [2.05, 4.69) is 190 Å². The average Bonchev–Trinajstić information content (AvgIpc) is 3.94.